The molecule has 1 atom stereocenters. The molecule has 1 aliphatic heterocycles. The number of anilines is 2. The second kappa shape index (κ2) is 6.35. The third-order valence-corrected chi connectivity index (χ3v) is 4.92. The van der Waals surface area contributed by atoms with E-state index in [-0.39, 0.29) is 0 Å². The predicted molar refractivity (Wildman–Crippen MR) is 101 cm³/mol. The standard InChI is InChI=1S/C19H24N6/c1-13-6-4-8-15-16(13)23-17(22-15)14-7-5-11-25(12-14)19-18(24(2)3)20-9-10-21-19/h4,6,8-10,14H,5,7,11-12H2,1-3H3,(H,22,23)/t14-/m1/s1. The lowest BCUT2D eigenvalue weighted by molar-refractivity contribution is 0.492. The monoisotopic (exact) mass is 336 g/mol. The summed E-state index contributed by atoms with van der Waals surface area (Å²) in [6, 6.07) is 6.30. The molecular formula is C19H24N6. The van der Waals surface area contributed by atoms with E-state index in [0.717, 1.165) is 54.4 Å². The van der Waals surface area contributed by atoms with Gasteiger partial charge in [-0.3, -0.25) is 0 Å². The second-order valence-electron chi connectivity index (χ2n) is 6.98. The second-order valence-corrected chi connectivity index (χ2v) is 6.98. The molecule has 3 aromatic rings. The van der Waals surface area contributed by atoms with E-state index < -0.39 is 0 Å². The van der Waals surface area contributed by atoms with Gasteiger partial charge in [0.2, 0.25) is 0 Å². The maximum absolute atomic E-state index is 4.89. The minimum absolute atomic E-state index is 0.387. The fourth-order valence-electron chi connectivity index (χ4n) is 3.64. The third-order valence-electron chi connectivity index (χ3n) is 4.92. The molecule has 4 rings (SSSR count). The number of nitrogens with one attached hydrogen (secondary N) is 1. The lowest BCUT2D eigenvalue weighted by Crippen LogP contribution is -2.36. The highest BCUT2D eigenvalue weighted by atomic mass is 15.3. The Labute approximate surface area is 147 Å². The van der Waals surface area contributed by atoms with Crippen LogP contribution in [0.25, 0.3) is 11.0 Å². The largest absolute Gasteiger partial charge is 0.360 e. The van der Waals surface area contributed by atoms with Crippen molar-refractivity contribution in [2.45, 2.75) is 25.7 Å². The Hall–Kier alpha value is -2.63. The van der Waals surface area contributed by atoms with Gasteiger partial charge < -0.3 is 14.8 Å². The molecule has 0 radical (unpaired) electrons. The zero-order valence-electron chi connectivity index (χ0n) is 15.0. The van der Waals surface area contributed by atoms with Gasteiger partial charge in [-0.25, -0.2) is 15.0 Å². The summed E-state index contributed by atoms with van der Waals surface area (Å²) in [7, 11) is 4.02. The summed E-state index contributed by atoms with van der Waals surface area (Å²) < 4.78 is 0. The molecule has 3 heterocycles. The van der Waals surface area contributed by atoms with Crippen molar-refractivity contribution in [3.05, 3.63) is 42.0 Å². The van der Waals surface area contributed by atoms with Gasteiger partial charge >= 0.3 is 0 Å². The normalized spacial score (nSPS) is 17.9. The van der Waals surface area contributed by atoms with Gasteiger partial charge in [-0.2, -0.15) is 0 Å². The number of aromatic nitrogens is 4. The number of H-pyrrole nitrogens is 1. The fraction of sp³-hybridized carbons (Fsp3) is 0.421. The summed E-state index contributed by atoms with van der Waals surface area (Å²) in [6.45, 7) is 4.04. The molecule has 1 N–H and O–H groups in total. The van der Waals surface area contributed by atoms with Crippen molar-refractivity contribution in [1.82, 2.24) is 19.9 Å². The Morgan fingerprint density at radius 2 is 2.04 bits per heavy atom. The molecule has 1 aliphatic rings. The Bertz CT molecular complexity index is 885. The van der Waals surface area contributed by atoms with Gasteiger partial charge in [-0.1, -0.05) is 12.1 Å². The van der Waals surface area contributed by atoms with E-state index >= 15 is 0 Å². The summed E-state index contributed by atoms with van der Waals surface area (Å²) in [5, 5.41) is 0. The number of fused-ring (bicyclic) bond motifs is 1. The van der Waals surface area contributed by atoms with E-state index in [4.69, 9.17) is 4.98 Å². The van der Waals surface area contributed by atoms with Gasteiger partial charge in [0.05, 0.1) is 11.0 Å². The van der Waals surface area contributed by atoms with Crippen LogP contribution in [0.15, 0.2) is 30.6 Å². The van der Waals surface area contributed by atoms with Gasteiger partial charge in [0.1, 0.15) is 5.82 Å². The first-order valence-corrected chi connectivity index (χ1v) is 8.82. The SMILES string of the molecule is Cc1cccc2[nH]c([C@@H]3CCCN(c4nccnc4N(C)C)C3)nc12. The Kier molecular flexibility index (Phi) is 4.03. The average Bonchev–Trinajstić information content (AvgIpc) is 3.08. The molecule has 2 aromatic heterocycles. The van der Waals surface area contributed by atoms with Crippen LogP contribution in [0, 0.1) is 6.92 Å². The van der Waals surface area contributed by atoms with Crippen LogP contribution in [0.5, 0.6) is 0 Å². The Morgan fingerprint density at radius 3 is 2.84 bits per heavy atom. The molecule has 0 spiro atoms. The topological polar surface area (TPSA) is 60.9 Å². The highest BCUT2D eigenvalue weighted by molar-refractivity contribution is 5.78. The summed E-state index contributed by atoms with van der Waals surface area (Å²) >= 11 is 0. The number of aromatic amines is 1. The zero-order chi connectivity index (χ0) is 17.4. The zero-order valence-corrected chi connectivity index (χ0v) is 15.0. The molecule has 6 nitrogen and oxygen atoms in total. The molecule has 1 fully saturated rings. The highest BCUT2D eigenvalue weighted by Crippen LogP contribution is 2.32. The van der Waals surface area contributed by atoms with Crippen LogP contribution in [-0.4, -0.2) is 47.1 Å². The van der Waals surface area contributed by atoms with E-state index in [1.807, 2.05) is 19.0 Å². The number of aryl methyl sites for hydroxylation is 1. The Morgan fingerprint density at radius 1 is 1.20 bits per heavy atom. The Balaban J connectivity index is 1.64. The minimum Gasteiger partial charge on any atom is -0.360 e. The van der Waals surface area contributed by atoms with E-state index in [0.29, 0.717) is 5.92 Å². The number of piperidine rings is 1. The minimum atomic E-state index is 0.387. The summed E-state index contributed by atoms with van der Waals surface area (Å²) in [5.41, 5.74) is 3.43. The molecule has 0 bridgehead atoms. The molecule has 130 valence electrons. The van der Waals surface area contributed by atoms with E-state index in [1.54, 1.807) is 12.4 Å². The molecule has 0 amide bonds. The van der Waals surface area contributed by atoms with Crippen molar-refractivity contribution >= 4 is 22.7 Å². The van der Waals surface area contributed by atoms with Gasteiger partial charge in [0.25, 0.3) is 0 Å². The van der Waals surface area contributed by atoms with Gasteiger partial charge in [0, 0.05) is 45.5 Å². The molecule has 25 heavy (non-hydrogen) atoms. The van der Waals surface area contributed by atoms with Crippen molar-refractivity contribution in [1.29, 1.82) is 0 Å². The maximum atomic E-state index is 4.89. The van der Waals surface area contributed by atoms with Crippen LogP contribution in [0.3, 0.4) is 0 Å². The molecule has 0 aliphatic carbocycles. The van der Waals surface area contributed by atoms with Crippen LogP contribution >= 0.6 is 0 Å². The number of imidazole rings is 1. The number of rotatable bonds is 3. The molecule has 1 saturated heterocycles. The fourth-order valence-corrected chi connectivity index (χ4v) is 3.64. The van der Waals surface area contributed by atoms with Crippen LogP contribution in [0.1, 0.15) is 30.1 Å². The number of benzene rings is 1. The van der Waals surface area contributed by atoms with Crippen LogP contribution in [0.2, 0.25) is 0 Å². The van der Waals surface area contributed by atoms with Crippen molar-refractivity contribution < 1.29 is 0 Å². The van der Waals surface area contributed by atoms with Crippen LogP contribution < -0.4 is 9.80 Å². The van der Waals surface area contributed by atoms with Crippen molar-refractivity contribution in [2.24, 2.45) is 0 Å². The summed E-state index contributed by atoms with van der Waals surface area (Å²) in [5.74, 6) is 3.36. The van der Waals surface area contributed by atoms with Crippen LogP contribution in [-0.2, 0) is 0 Å². The molecule has 6 heteroatoms. The number of hydrogen-bond acceptors (Lipinski definition) is 5. The number of hydrogen-bond donors (Lipinski definition) is 1. The van der Waals surface area contributed by atoms with Crippen molar-refractivity contribution in [3.8, 4) is 0 Å². The molecule has 0 saturated carbocycles. The summed E-state index contributed by atoms with van der Waals surface area (Å²) in [6.07, 6.45) is 5.80. The lowest BCUT2D eigenvalue weighted by atomic mass is 9.97. The first kappa shape index (κ1) is 15.9. The predicted octanol–water partition coefficient (Wildman–Crippen LogP) is 3.11. The van der Waals surface area contributed by atoms with Gasteiger partial charge in [-0.15, -0.1) is 0 Å². The van der Waals surface area contributed by atoms with Gasteiger partial charge in [-0.05, 0) is 31.4 Å². The van der Waals surface area contributed by atoms with Gasteiger partial charge in [0.15, 0.2) is 11.6 Å². The lowest BCUT2D eigenvalue weighted by Gasteiger charge is -2.34. The smallest absolute Gasteiger partial charge is 0.171 e. The first-order chi connectivity index (χ1) is 12.1. The average molecular weight is 336 g/mol. The number of para-hydroxylation sites is 1. The molecule has 1 aromatic carbocycles. The highest BCUT2D eigenvalue weighted by Gasteiger charge is 2.27. The van der Waals surface area contributed by atoms with Crippen molar-refractivity contribution in [3.63, 3.8) is 0 Å². The third kappa shape index (κ3) is 2.92. The molecular weight excluding hydrogens is 312 g/mol. The van der Waals surface area contributed by atoms with Crippen molar-refractivity contribution in [2.75, 3.05) is 37.0 Å². The quantitative estimate of drug-likeness (QED) is 0.796. The maximum Gasteiger partial charge on any atom is 0.171 e. The molecule has 0 unspecified atom stereocenters. The van der Waals surface area contributed by atoms with E-state index in [2.05, 4.69) is 45.0 Å². The summed E-state index contributed by atoms with van der Waals surface area (Å²) in [4.78, 5) is 21.9. The van der Waals surface area contributed by atoms with Crippen LogP contribution in [0.4, 0.5) is 11.6 Å². The van der Waals surface area contributed by atoms with E-state index in [1.165, 1.54) is 5.56 Å². The van der Waals surface area contributed by atoms with E-state index in [9.17, 15) is 0 Å². The first-order valence-electron chi connectivity index (χ1n) is 8.82. The number of nitrogens with zero attached hydrogens (tertiary/aromatic N) is 5.